The van der Waals surface area contributed by atoms with Crippen LogP contribution in [0.25, 0.3) is 22.2 Å². The fourth-order valence-electron chi connectivity index (χ4n) is 3.04. The van der Waals surface area contributed by atoms with Crippen molar-refractivity contribution in [2.45, 2.75) is 37.2 Å². The quantitative estimate of drug-likeness (QED) is 0.359. The number of methoxy groups -OCH3 is 1. The van der Waals surface area contributed by atoms with Crippen LogP contribution in [0.15, 0.2) is 46.5 Å². The predicted molar refractivity (Wildman–Crippen MR) is 108 cm³/mol. The number of hydrogen-bond acceptors (Lipinski definition) is 4. The van der Waals surface area contributed by atoms with Gasteiger partial charge in [0, 0.05) is 44.3 Å². The van der Waals surface area contributed by atoms with Crippen LogP contribution in [0.3, 0.4) is 0 Å². The number of hydrogen-bond donors (Lipinski definition) is 0. The number of benzene rings is 1. The lowest BCUT2D eigenvalue weighted by atomic mass is 10.1. The van der Waals surface area contributed by atoms with Gasteiger partial charge in [0.15, 0.2) is 5.16 Å². The van der Waals surface area contributed by atoms with Gasteiger partial charge in [0.05, 0.1) is 0 Å². The molecule has 0 N–H and O–H groups in total. The maximum Gasteiger partial charge on any atom is 0.278 e. The van der Waals surface area contributed by atoms with Crippen LogP contribution >= 0.6 is 11.8 Å². The molecule has 0 atom stereocenters. The van der Waals surface area contributed by atoms with E-state index >= 15 is 0 Å². The van der Waals surface area contributed by atoms with Crippen molar-refractivity contribution in [2.24, 2.45) is 7.05 Å². The van der Waals surface area contributed by atoms with E-state index < -0.39 is 0 Å². The molecule has 138 valence electrons. The number of aromatic nitrogens is 3. The second-order valence-electron chi connectivity index (χ2n) is 6.58. The van der Waals surface area contributed by atoms with E-state index in [0.29, 0.717) is 23.9 Å². The van der Waals surface area contributed by atoms with Gasteiger partial charge in [-0.25, -0.2) is 4.98 Å². The Balaban J connectivity index is 2.21. The van der Waals surface area contributed by atoms with Crippen molar-refractivity contribution in [1.82, 2.24) is 14.1 Å². The Hall–Kier alpha value is -2.05. The number of ether oxygens (including phenoxy) is 1. The summed E-state index contributed by atoms with van der Waals surface area (Å²) in [5.74, 6) is 0. The zero-order chi connectivity index (χ0) is 18.7. The Morgan fingerprint density at radius 2 is 1.96 bits per heavy atom. The molecule has 0 unspecified atom stereocenters. The topological polar surface area (TPSA) is 49.0 Å². The predicted octanol–water partition coefficient (Wildman–Crippen LogP) is 3.94. The van der Waals surface area contributed by atoms with Crippen molar-refractivity contribution < 1.29 is 4.74 Å². The zero-order valence-electron chi connectivity index (χ0n) is 15.7. The van der Waals surface area contributed by atoms with Gasteiger partial charge in [0.25, 0.3) is 5.56 Å². The smallest absolute Gasteiger partial charge is 0.278 e. The summed E-state index contributed by atoms with van der Waals surface area (Å²) < 4.78 is 8.83. The maximum atomic E-state index is 13.2. The first-order valence-electron chi connectivity index (χ1n) is 8.83. The molecule has 0 aliphatic rings. The van der Waals surface area contributed by atoms with Crippen LogP contribution in [-0.4, -0.2) is 33.1 Å². The average molecular weight is 372 g/mol. The average Bonchev–Trinajstić information content (AvgIpc) is 2.94. The number of nitrogens with zero attached hydrogens (tertiary/aromatic N) is 3. The summed E-state index contributed by atoms with van der Waals surface area (Å²) in [6, 6.07) is 10.1. The van der Waals surface area contributed by atoms with E-state index in [1.54, 1.807) is 23.4 Å². The van der Waals surface area contributed by atoms with Crippen molar-refractivity contribution in [2.75, 3.05) is 13.7 Å². The van der Waals surface area contributed by atoms with Crippen LogP contribution in [0.2, 0.25) is 0 Å². The SMILES string of the molecule is COCCCn1c(SC(C)C)nc2c(-c3ccccc3)cn(C)c2c1=O. The van der Waals surface area contributed by atoms with Crippen molar-refractivity contribution >= 4 is 22.8 Å². The van der Waals surface area contributed by atoms with Crippen molar-refractivity contribution in [1.29, 1.82) is 0 Å². The van der Waals surface area contributed by atoms with Gasteiger partial charge >= 0.3 is 0 Å². The van der Waals surface area contributed by atoms with E-state index in [9.17, 15) is 4.79 Å². The first-order chi connectivity index (χ1) is 12.5. The minimum absolute atomic E-state index is 0.0129. The van der Waals surface area contributed by atoms with Gasteiger partial charge in [-0.2, -0.15) is 0 Å². The molecule has 1 aromatic carbocycles. The molecule has 3 aromatic rings. The van der Waals surface area contributed by atoms with E-state index in [-0.39, 0.29) is 5.56 Å². The molecule has 0 aliphatic heterocycles. The van der Waals surface area contributed by atoms with Gasteiger partial charge in [-0.3, -0.25) is 9.36 Å². The fraction of sp³-hybridized carbons (Fsp3) is 0.400. The molecule has 0 radical (unpaired) electrons. The highest BCUT2D eigenvalue weighted by molar-refractivity contribution is 7.99. The summed E-state index contributed by atoms with van der Waals surface area (Å²) >= 11 is 1.63. The largest absolute Gasteiger partial charge is 0.385 e. The molecule has 0 amide bonds. The molecule has 2 heterocycles. The Morgan fingerprint density at radius 3 is 2.62 bits per heavy atom. The standard InChI is InChI=1S/C20H25N3O2S/c1-14(2)26-20-21-17-16(15-9-6-5-7-10-15)13-22(3)18(17)19(24)23(20)11-8-12-25-4/h5-7,9-10,13-14H,8,11-12H2,1-4H3. The molecule has 2 aromatic heterocycles. The van der Waals surface area contributed by atoms with E-state index in [0.717, 1.165) is 28.2 Å². The molecule has 0 spiro atoms. The summed E-state index contributed by atoms with van der Waals surface area (Å²) in [5, 5.41) is 1.12. The molecule has 0 aliphatic carbocycles. The van der Waals surface area contributed by atoms with Crippen LogP contribution in [-0.2, 0) is 18.3 Å². The van der Waals surface area contributed by atoms with Gasteiger partial charge in [-0.15, -0.1) is 0 Å². The van der Waals surface area contributed by atoms with Gasteiger partial charge < -0.3 is 9.30 Å². The molecule has 0 saturated carbocycles. The van der Waals surface area contributed by atoms with Gasteiger partial charge in [-0.05, 0) is 12.0 Å². The lowest BCUT2D eigenvalue weighted by Crippen LogP contribution is -2.25. The van der Waals surface area contributed by atoms with E-state index in [2.05, 4.69) is 26.0 Å². The summed E-state index contributed by atoms with van der Waals surface area (Å²) in [6.07, 6.45) is 2.78. The molecule has 0 bridgehead atoms. The third-order valence-corrected chi connectivity index (χ3v) is 5.19. The number of thioether (sulfide) groups is 1. The second-order valence-corrected chi connectivity index (χ2v) is 8.12. The normalized spacial score (nSPS) is 11.6. The molecule has 0 fully saturated rings. The molecular formula is C20H25N3O2S. The molecule has 6 heteroatoms. The van der Waals surface area contributed by atoms with Crippen molar-refractivity contribution in [3.05, 3.63) is 46.9 Å². The monoisotopic (exact) mass is 371 g/mol. The molecule has 26 heavy (non-hydrogen) atoms. The van der Waals surface area contributed by atoms with Crippen molar-refractivity contribution in [3.63, 3.8) is 0 Å². The highest BCUT2D eigenvalue weighted by Gasteiger charge is 2.19. The summed E-state index contributed by atoms with van der Waals surface area (Å²) in [4.78, 5) is 18.2. The first-order valence-corrected chi connectivity index (χ1v) is 9.71. The van der Waals surface area contributed by atoms with Crippen LogP contribution in [0.5, 0.6) is 0 Å². The summed E-state index contributed by atoms with van der Waals surface area (Å²) in [7, 11) is 3.59. The number of fused-ring (bicyclic) bond motifs is 1. The van der Waals surface area contributed by atoms with E-state index in [4.69, 9.17) is 9.72 Å². The zero-order valence-corrected chi connectivity index (χ0v) is 16.5. The van der Waals surface area contributed by atoms with Gasteiger partial charge in [-0.1, -0.05) is 55.9 Å². The van der Waals surface area contributed by atoms with Gasteiger partial charge in [0.1, 0.15) is 11.0 Å². The molecule has 3 rings (SSSR count). The minimum atomic E-state index is 0.0129. The second kappa shape index (κ2) is 8.10. The fourth-order valence-corrected chi connectivity index (χ4v) is 3.91. The van der Waals surface area contributed by atoms with Crippen molar-refractivity contribution in [3.8, 4) is 11.1 Å². The number of rotatable bonds is 7. The lowest BCUT2D eigenvalue weighted by molar-refractivity contribution is 0.189. The Bertz CT molecular complexity index is 945. The Morgan fingerprint density at radius 1 is 1.23 bits per heavy atom. The summed E-state index contributed by atoms with van der Waals surface area (Å²) in [5.41, 5.74) is 3.50. The maximum absolute atomic E-state index is 13.2. The van der Waals surface area contributed by atoms with Crippen LogP contribution < -0.4 is 5.56 Å². The number of aryl methyl sites for hydroxylation is 1. The minimum Gasteiger partial charge on any atom is -0.385 e. The van der Waals surface area contributed by atoms with Crippen LogP contribution in [0.1, 0.15) is 20.3 Å². The third-order valence-electron chi connectivity index (χ3n) is 4.20. The van der Waals surface area contributed by atoms with Crippen LogP contribution in [0, 0.1) is 0 Å². The highest BCUT2D eigenvalue weighted by atomic mass is 32.2. The molecule has 0 saturated heterocycles. The molecular weight excluding hydrogens is 346 g/mol. The Kier molecular flexibility index (Phi) is 5.84. The lowest BCUT2D eigenvalue weighted by Gasteiger charge is -2.14. The highest BCUT2D eigenvalue weighted by Crippen LogP contribution is 2.30. The molecule has 5 nitrogen and oxygen atoms in total. The van der Waals surface area contributed by atoms with Crippen LogP contribution in [0.4, 0.5) is 0 Å². The van der Waals surface area contributed by atoms with E-state index in [1.807, 2.05) is 36.0 Å². The van der Waals surface area contributed by atoms with E-state index in [1.165, 1.54) is 0 Å². The third kappa shape index (κ3) is 3.71. The summed E-state index contributed by atoms with van der Waals surface area (Å²) in [6.45, 7) is 5.46. The first kappa shape index (κ1) is 18.7. The Labute approximate surface area is 158 Å². The van der Waals surface area contributed by atoms with Gasteiger partial charge in [0.2, 0.25) is 0 Å².